The van der Waals surface area contributed by atoms with Gasteiger partial charge in [0.15, 0.2) is 0 Å². The van der Waals surface area contributed by atoms with E-state index in [9.17, 15) is 5.11 Å². The van der Waals surface area contributed by atoms with Crippen LogP contribution in [0.5, 0.6) is 0 Å². The molecule has 3 atom stereocenters. The van der Waals surface area contributed by atoms with Gasteiger partial charge < -0.3 is 15.7 Å². The molecule has 1 aromatic carbocycles. The fraction of sp³-hybridized carbons (Fsp3) is 0.571. The van der Waals surface area contributed by atoms with E-state index >= 15 is 0 Å². The molecule has 5 heteroatoms. The Bertz CT molecular complexity index is 510. The van der Waals surface area contributed by atoms with Gasteiger partial charge in [-0.25, -0.2) is 0 Å². The van der Waals surface area contributed by atoms with Crippen LogP contribution in [-0.4, -0.2) is 36.9 Å². The van der Waals surface area contributed by atoms with E-state index in [0.717, 1.165) is 31.5 Å². The first-order chi connectivity index (χ1) is 9.03. The van der Waals surface area contributed by atoms with Crippen molar-refractivity contribution in [2.45, 2.75) is 29.9 Å². The van der Waals surface area contributed by atoms with E-state index in [1.165, 1.54) is 0 Å². The summed E-state index contributed by atoms with van der Waals surface area (Å²) in [6.07, 6.45) is 1.24. The van der Waals surface area contributed by atoms with Crippen LogP contribution < -0.4 is 10.6 Å². The van der Waals surface area contributed by atoms with Gasteiger partial charge in [-0.1, -0.05) is 29.3 Å². The molecule has 1 saturated heterocycles. The molecule has 0 bridgehead atoms. The van der Waals surface area contributed by atoms with Gasteiger partial charge in [0.1, 0.15) is 0 Å². The maximum absolute atomic E-state index is 10.2. The topological polar surface area (TPSA) is 44.3 Å². The summed E-state index contributed by atoms with van der Waals surface area (Å²) in [7, 11) is 1.97. The number of hydrogen-bond acceptors (Lipinski definition) is 3. The lowest BCUT2D eigenvalue weighted by Gasteiger charge is -2.40. The van der Waals surface area contributed by atoms with Crippen molar-refractivity contribution in [3.05, 3.63) is 33.8 Å². The van der Waals surface area contributed by atoms with E-state index in [1.54, 1.807) is 0 Å². The van der Waals surface area contributed by atoms with Crippen LogP contribution in [0.3, 0.4) is 0 Å². The molecule has 1 aromatic rings. The summed E-state index contributed by atoms with van der Waals surface area (Å²) in [5.41, 5.74) is 0.927. The molecule has 1 saturated carbocycles. The first-order valence-electron chi connectivity index (χ1n) is 6.56. The monoisotopic (exact) mass is 300 g/mol. The zero-order chi connectivity index (χ0) is 13.7. The Labute approximate surface area is 123 Å². The standard InChI is InChI=1S/C14H18Cl2N2O/c1-17-14-6-10(19)5-13(14,7-18-8-14)9-2-3-11(15)12(16)4-9/h2-4,10,17-19H,5-8H2,1H3. The summed E-state index contributed by atoms with van der Waals surface area (Å²) in [4.78, 5) is 0. The molecule has 3 N–H and O–H groups in total. The predicted molar refractivity (Wildman–Crippen MR) is 78.0 cm³/mol. The maximum atomic E-state index is 10.2. The second-order valence-electron chi connectivity index (χ2n) is 5.71. The molecule has 1 aliphatic heterocycles. The second kappa shape index (κ2) is 4.61. The second-order valence-corrected chi connectivity index (χ2v) is 6.52. The van der Waals surface area contributed by atoms with Crippen molar-refractivity contribution >= 4 is 23.2 Å². The lowest BCUT2D eigenvalue weighted by molar-refractivity contribution is 0.167. The molecule has 1 heterocycles. The van der Waals surface area contributed by atoms with Crippen molar-refractivity contribution in [1.29, 1.82) is 0 Å². The normalized spacial score (nSPS) is 37.6. The van der Waals surface area contributed by atoms with E-state index in [1.807, 2.05) is 25.2 Å². The van der Waals surface area contributed by atoms with Crippen molar-refractivity contribution in [3.63, 3.8) is 0 Å². The third kappa shape index (κ3) is 1.83. The third-order valence-electron chi connectivity index (χ3n) is 4.89. The summed E-state index contributed by atoms with van der Waals surface area (Å²) in [5.74, 6) is 0. The van der Waals surface area contributed by atoms with Gasteiger partial charge in [-0.05, 0) is 37.6 Å². The van der Waals surface area contributed by atoms with Crippen LogP contribution in [0.1, 0.15) is 18.4 Å². The van der Waals surface area contributed by atoms with E-state index < -0.39 is 0 Å². The average Bonchev–Trinajstić information content (AvgIpc) is 2.84. The summed E-state index contributed by atoms with van der Waals surface area (Å²) in [6.45, 7) is 1.71. The predicted octanol–water partition coefficient (Wildman–Crippen LogP) is 1.95. The van der Waals surface area contributed by atoms with Crippen LogP contribution in [0.25, 0.3) is 0 Å². The smallest absolute Gasteiger partial charge is 0.0595 e. The quantitative estimate of drug-likeness (QED) is 0.782. The highest BCUT2D eigenvalue weighted by Crippen LogP contribution is 2.51. The molecule has 3 rings (SSSR count). The number of benzene rings is 1. The van der Waals surface area contributed by atoms with Gasteiger partial charge in [-0.2, -0.15) is 0 Å². The molecule has 0 radical (unpaired) electrons. The highest BCUT2D eigenvalue weighted by Gasteiger charge is 2.60. The van der Waals surface area contributed by atoms with Crippen LogP contribution >= 0.6 is 23.2 Å². The van der Waals surface area contributed by atoms with Crippen molar-refractivity contribution < 1.29 is 5.11 Å². The Balaban J connectivity index is 2.11. The molecule has 1 aliphatic carbocycles. The number of aliphatic hydroxyl groups is 1. The number of fused-ring (bicyclic) bond motifs is 1. The van der Waals surface area contributed by atoms with E-state index in [4.69, 9.17) is 23.2 Å². The van der Waals surface area contributed by atoms with Gasteiger partial charge in [0.25, 0.3) is 0 Å². The Morgan fingerprint density at radius 3 is 2.74 bits per heavy atom. The van der Waals surface area contributed by atoms with Crippen LogP contribution in [-0.2, 0) is 5.41 Å². The lowest BCUT2D eigenvalue weighted by Crippen LogP contribution is -2.55. The minimum atomic E-state index is -0.274. The maximum Gasteiger partial charge on any atom is 0.0595 e. The first kappa shape index (κ1) is 13.7. The number of nitrogens with one attached hydrogen (secondary N) is 2. The SMILES string of the molecule is CNC12CNCC1(c1ccc(Cl)c(Cl)c1)CC(O)C2. The Morgan fingerprint density at radius 1 is 1.26 bits per heavy atom. The Kier molecular flexibility index (Phi) is 3.31. The molecule has 3 unspecified atom stereocenters. The number of rotatable bonds is 2. The van der Waals surface area contributed by atoms with Crippen LogP contribution in [0.4, 0.5) is 0 Å². The van der Waals surface area contributed by atoms with E-state index in [-0.39, 0.29) is 17.1 Å². The molecule has 2 fully saturated rings. The van der Waals surface area contributed by atoms with Gasteiger partial charge in [0, 0.05) is 24.0 Å². The van der Waals surface area contributed by atoms with Crippen molar-refractivity contribution in [2.24, 2.45) is 0 Å². The summed E-state index contributed by atoms with van der Waals surface area (Å²) >= 11 is 12.2. The number of likely N-dealkylation sites (N-methyl/N-ethyl adjacent to an activating group) is 1. The summed E-state index contributed by atoms with van der Waals surface area (Å²) < 4.78 is 0. The zero-order valence-electron chi connectivity index (χ0n) is 10.8. The summed E-state index contributed by atoms with van der Waals surface area (Å²) in [6, 6.07) is 5.82. The third-order valence-corrected chi connectivity index (χ3v) is 5.63. The largest absolute Gasteiger partial charge is 0.393 e. The zero-order valence-corrected chi connectivity index (χ0v) is 12.4. The van der Waals surface area contributed by atoms with Crippen LogP contribution in [0.2, 0.25) is 10.0 Å². The number of hydrogen-bond donors (Lipinski definition) is 3. The molecule has 0 amide bonds. The first-order valence-corrected chi connectivity index (χ1v) is 7.32. The molecule has 0 spiro atoms. The minimum Gasteiger partial charge on any atom is -0.393 e. The average molecular weight is 301 g/mol. The number of halogens is 2. The van der Waals surface area contributed by atoms with Gasteiger partial charge in [-0.3, -0.25) is 0 Å². The fourth-order valence-corrected chi connectivity index (χ4v) is 4.26. The fourth-order valence-electron chi connectivity index (χ4n) is 3.96. The molecular weight excluding hydrogens is 283 g/mol. The molecule has 104 valence electrons. The van der Waals surface area contributed by atoms with Crippen molar-refractivity contribution in [3.8, 4) is 0 Å². The highest BCUT2D eigenvalue weighted by atomic mass is 35.5. The molecule has 2 aliphatic rings. The van der Waals surface area contributed by atoms with Gasteiger partial charge >= 0.3 is 0 Å². The summed E-state index contributed by atoms with van der Waals surface area (Å²) in [5, 5.41) is 18.2. The van der Waals surface area contributed by atoms with E-state index in [2.05, 4.69) is 10.6 Å². The van der Waals surface area contributed by atoms with Crippen LogP contribution in [0.15, 0.2) is 18.2 Å². The molecule has 19 heavy (non-hydrogen) atoms. The Hall–Kier alpha value is -0.320. The highest BCUT2D eigenvalue weighted by molar-refractivity contribution is 6.42. The van der Waals surface area contributed by atoms with Crippen LogP contribution in [0, 0.1) is 0 Å². The molecule has 0 aromatic heterocycles. The van der Waals surface area contributed by atoms with Gasteiger partial charge in [0.2, 0.25) is 0 Å². The Morgan fingerprint density at radius 2 is 2.05 bits per heavy atom. The number of aliphatic hydroxyl groups excluding tert-OH is 1. The lowest BCUT2D eigenvalue weighted by atomic mass is 9.69. The van der Waals surface area contributed by atoms with E-state index in [0.29, 0.717) is 10.0 Å². The van der Waals surface area contributed by atoms with Gasteiger partial charge in [-0.15, -0.1) is 0 Å². The minimum absolute atomic E-state index is 0.108. The van der Waals surface area contributed by atoms with Crippen molar-refractivity contribution in [1.82, 2.24) is 10.6 Å². The molecule has 3 nitrogen and oxygen atoms in total. The molecular formula is C14H18Cl2N2O. The van der Waals surface area contributed by atoms with Gasteiger partial charge in [0.05, 0.1) is 16.1 Å². The van der Waals surface area contributed by atoms with Crippen molar-refractivity contribution in [2.75, 3.05) is 20.1 Å².